The summed E-state index contributed by atoms with van der Waals surface area (Å²) in [6.45, 7) is 0. The average Bonchev–Trinajstić information content (AvgIpc) is 2.32. The van der Waals surface area contributed by atoms with Gasteiger partial charge < -0.3 is 9.47 Å². The number of rotatable bonds is 0. The predicted octanol–water partition coefficient (Wildman–Crippen LogP) is 2.02. The summed E-state index contributed by atoms with van der Waals surface area (Å²) in [6, 6.07) is 0. The summed E-state index contributed by atoms with van der Waals surface area (Å²) in [5.41, 5.74) is 0. The molecule has 3 nitrogen and oxygen atoms in total. The molecule has 2 unspecified atom stereocenters. The molecule has 0 N–H and O–H groups in total. The molecule has 0 aromatic rings. The van der Waals surface area contributed by atoms with Gasteiger partial charge in [0.15, 0.2) is 6.10 Å². The van der Waals surface area contributed by atoms with Crippen LogP contribution in [0.2, 0.25) is 0 Å². The Morgan fingerprint density at radius 1 is 1.33 bits per heavy atom. The molecule has 2 rings (SSSR count). The quantitative estimate of drug-likeness (QED) is 0.410. The Kier molecular flexibility index (Phi) is 2.02. The van der Waals surface area contributed by atoms with Crippen LogP contribution in [0, 0.1) is 0 Å². The lowest BCUT2D eigenvalue weighted by molar-refractivity contribution is 0.115. The van der Waals surface area contributed by atoms with Crippen molar-refractivity contribution in [3.63, 3.8) is 0 Å². The fraction of sp³-hybridized carbons (Fsp3) is 0.667. The molecule has 0 aromatic heterocycles. The summed E-state index contributed by atoms with van der Waals surface area (Å²) in [4.78, 5) is 10.8. The fourth-order valence-corrected chi connectivity index (χ4v) is 1.63. The molecule has 1 heterocycles. The fourth-order valence-electron chi connectivity index (χ4n) is 1.63. The highest BCUT2D eigenvalue weighted by Gasteiger charge is 2.34. The van der Waals surface area contributed by atoms with Crippen LogP contribution in [-0.2, 0) is 9.47 Å². The van der Waals surface area contributed by atoms with E-state index in [1.54, 1.807) is 0 Å². The number of hydrogen-bond acceptors (Lipinski definition) is 3. The van der Waals surface area contributed by atoms with Crippen molar-refractivity contribution >= 4 is 6.16 Å². The van der Waals surface area contributed by atoms with Gasteiger partial charge in [0.25, 0.3) is 0 Å². The first kappa shape index (κ1) is 7.65. The number of allylic oxidation sites excluding steroid dienone is 1. The molecule has 0 bridgehead atoms. The molecule has 3 heteroatoms. The largest absolute Gasteiger partial charge is 0.509 e. The molecule has 2 atom stereocenters. The van der Waals surface area contributed by atoms with Crippen molar-refractivity contribution in [1.82, 2.24) is 0 Å². The summed E-state index contributed by atoms with van der Waals surface area (Å²) < 4.78 is 9.94. The van der Waals surface area contributed by atoms with Crippen LogP contribution >= 0.6 is 0 Å². The smallest absolute Gasteiger partial charge is 0.427 e. The maximum absolute atomic E-state index is 10.8. The van der Waals surface area contributed by atoms with Gasteiger partial charge in [-0.15, -0.1) is 0 Å². The third-order valence-electron chi connectivity index (χ3n) is 2.28. The summed E-state index contributed by atoms with van der Waals surface area (Å²) in [7, 11) is 0. The number of carbonyl (C=O) groups excluding carboxylic acids is 1. The Balaban J connectivity index is 2.07. The molecule has 0 saturated carbocycles. The van der Waals surface area contributed by atoms with Crippen molar-refractivity contribution in [1.29, 1.82) is 0 Å². The van der Waals surface area contributed by atoms with Crippen molar-refractivity contribution in [2.45, 2.75) is 37.9 Å². The lowest BCUT2D eigenvalue weighted by atomic mass is 10.0. The number of ether oxygens (including phenoxy) is 2. The van der Waals surface area contributed by atoms with E-state index in [4.69, 9.17) is 9.47 Å². The van der Waals surface area contributed by atoms with Crippen molar-refractivity contribution in [3.8, 4) is 0 Å². The highest BCUT2D eigenvalue weighted by molar-refractivity contribution is 5.63. The lowest BCUT2D eigenvalue weighted by Gasteiger charge is -2.13. The molecular weight excluding hydrogens is 156 g/mol. The molecule has 12 heavy (non-hydrogen) atoms. The molecule has 0 spiro atoms. The van der Waals surface area contributed by atoms with Crippen molar-refractivity contribution in [2.24, 2.45) is 0 Å². The van der Waals surface area contributed by atoms with Crippen molar-refractivity contribution in [2.75, 3.05) is 0 Å². The van der Waals surface area contributed by atoms with E-state index in [9.17, 15) is 4.79 Å². The van der Waals surface area contributed by atoms with Gasteiger partial charge in [-0.05, 0) is 31.8 Å². The van der Waals surface area contributed by atoms with E-state index in [1.165, 1.54) is 6.42 Å². The summed E-state index contributed by atoms with van der Waals surface area (Å²) in [5.74, 6) is 0. The van der Waals surface area contributed by atoms with E-state index in [1.807, 2.05) is 6.08 Å². The van der Waals surface area contributed by atoms with Gasteiger partial charge in [0.1, 0.15) is 6.10 Å². The maximum atomic E-state index is 10.8. The summed E-state index contributed by atoms with van der Waals surface area (Å²) >= 11 is 0. The second-order valence-electron chi connectivity index (χ2n) is 3.20. The second kappa shape index (κ2) is 3.17. The molecule has 1 aliphatic carbocycles. The van der Waals surface area contributed by atoms with Crippen LogP contribution in [0.15, 0.2) is 12.2 Å². The molecule has 0 radical (unpaired) electrons. The summed E-state index contributed by atoms with van der Waals surface area (Å²) in [5, 5.41) is 0. The van der Waals surface area contributed by atoms with Gasteiger partial charge in [0.05, 0.1) is 0 Å². The van der Waals surface area contributed by atoms with E-state index in [2.05, 4.69) is 6.08 Å². The SMILES string of the molecule is O=C1OC2/C=C\CCCCC2O1. The van der Waals surface area contributed by atoms with Crippen molar-refractivity contribution in [3.05, 3.63) is 12.2 Å². The van der Waals surface area contributed by atoms with E-state index < -0.39 is 6.16 Å². The number of fused-ring (bicyclic) bond motifs is 1. The van der Waals surface area contributed by atoms with E-state index in [0.717, 1.165) is 19.3 Å². The predicted molar refractivity (Wildman–Crippen MR) is 42.8 cm³/mol. The summed E-state index contributed by atoms with van der Waals surface area (Å²) in [6.07, 6.45) is 7.64. The van der Waals surface area contributed by atoms with E-state index in [0.29, 0.717) is 0 Å². The van der Waals surface area contributed by atoms with Crippen LogP contribution in [0.25, 0.3) is 0 Å². The van der Waals surface area contributed by atoms with Crippen LogP contribution < -0.4 is 0 Å². The van der Waals surface area contributed by atoms with Gasteiger partial charge in [0, 0.05) is 0 Å². The first-order valence-electron chi connectivity index (χ1n) is 4.40. The minimum atomic E-state index is -0.517. The zero-order valence-electron chi connectivity index (χ0n) is 6.86. The van der Waals surface area contributed by atoms with Crippen LogP contribution in [-0.4, -0.2) is 18.4 Å². The standard InChI is InChI=1S/C9H12O3/c10-9-11-7-5-3-1-2-4-6-8(7)12-9/h3,5,7-8H,1-2,4,6H2/b5-3-. The van der Waals surface area contributed by atoms with E-state index in [-0.39, 0.29) is 12.2 Å². The highest BCUT2D eigenvalue weighted by Crippen LogP contribution is 2.23. The van der Waals surface area contributed by atoms with Crippen LogP contribution in [0.1, 0.15) is 25.7 Å². The second-order valence-corrected chi connectivity index (χ2v) is 3.20. The van der Waals surface area contributed by atoms with Gasteiger partial charge in [-0.1, -0.05) is 6.08 Å². The normalized spacial score (nSPS) is 37.2. The van der Waals surface area contributed by atoms with Crippen molar-refractivity contribution < 1.29 is 14.3 Å². The molecule has 66 valence electrons. The maximum Gasteiger partial charge on any atom is 0.509 e. The Bertz CT molecular complexity index is 210. The first-order chi connectivity index (χ1) is 5.86. The van der Waals surface area contributed by atoms with Crippen LogP contribution in [0.3, 0.4) is 0 Å². The molecule has 1 saturated heterocycles. The molecule has 0 aromatic carbocycles. The monoisotopic (exact) mass is 168 g/mol. The Hall–Kier alpha value is -0.990. The zero-order chi connectivity index (χ0) is 8.39. The first-order valence-corrected chi connectivity index (χ1v) is 4.40. The molecule has 2 aliphatic rings. The van der Waals surface area contributed by atoms with Gasteiger partial charge in [0.2, 0.25) is 0 Å². The lowest BCUT2D eigenvalue weighted by Crippen LogP contribution is -2.20. The van der Waals surface area contributed by atoms with Gasteiger partial charge in [-0.25, -0.2) is 4.79 Å². The Morgan fingerprint density at radius 3 is 3.17 bits per heavy atom. The minimum absolute atomic E-state index is 0.0333. The molecule has 1 fully saturated rings. The van der Waals surface area contributed by atoms with Gasteiger partial charge >= 0.3 is 6.16 Å². The Morgan fingerprint density at radius 2 is 2.25 bits per heavy atom. The minimum Gasteiger partial charge on any atom is -0.427 e. The molecular formula is C9H12O3. The third-order valence-corrected chi connectivity index (χ3v) is 2.28. The topological polar surface area (TPSA) is 35.5 Å². The number of hydrogen-bond donors (Lipinski definition) is 0. The highest BCUT2D eigenvalue weighted by atomic mass is 16.8. The zero-order valence-corrected chi connectivity index (χ0v) is 6.86. The average molecular weight is 168 g/mol. The molecule has 1 aliphatic heterocycles. The van der Waals surface area contributed by atoms with Crippen LogP contribution in [0.5, 0.6) is 0 Å². The molecule has 0 amide bonds. The Labute approximate surface area is 71.3 Å². The third kappa shape index (κ3) is 1.44. The van der Waals surface area contributed by atoms with Gasteiger partial charge in [-0.3, -0.25) is 0 Å². The van der Waals surface area contributed by atoms with Gasteiger partial charge in [-0.2, -0.15) is 0 Å². The van der Waals surface area contributed by atoms with Crippen LogP contribution in [0.4, 0.5) is 4.79 Å². The van der Waals surface area contributed by atoms with E-state index >= 15 is 0 Å². The number of carbonyl (C=O) groups is 1.